The van der Waals surface area contributed by atoms with Crippen LogP contribution in [0.2, 0.25) is 10.0 Å². The summed E-state index contributed by atoms with van der Waals surface area (Å²) in [6.45, 7) is 1.52. The molecule has 0 spiro atoms. The molecule has 1 saturated heterocycles. The molecule has 0 amide bonds. The zero-order valence-corrected chi connectivity index (χ0v) is 17.3. The summed E-state index contributed by atoms with van der Waals surface area (Å²) in [4.78, 5) is 0.225. The summed E-state index contributed by atoms with van der Waals surface area (Å²) in [7, 11) is -3.52. The molecule has 0 aromatic heterocycles. The highest BCUT2D eigenvalue weighted by Crippen LogP contribution is 2.30. The van der Waals surface area contributed by atoms with Crippen LogP contribution in [0, 0.1) is 0 Å². The van der Waals surface area contributed by atoms with Gasteiger partial charge in [0.2, 0.25) is 10.0 Å². The Morgan fingerprint density at radius 2 is 1.59 bits per heavy atom. The molecule has 1 aliphatic heterocycles. The van der Waals surface area contributed by atoms with Gasteiger partial charge in [-0.15, -0.1) is 0 Å². The molecule has 0 aliphatic carbocycles. The van der Waals surface area contributed by atoms with Gasteiger partial charge in [0.15, 0.2) is 5.11 Å². The Kier molecular flexibility index (Phi) is 6.56. The number of nitrogens with zero attached hydrogens (tertiary/aromatic N) is 1. The van der Waals surface area contributed by atoms with Crippen molar-refractivity contribution in [3.8, 4) is 0 Å². The highest BCUT2D eigenvalue weighted by atomic mass is 35.5. The second-order valence-corrected chi connectivity index (χ2v) is 8.88. The lowest BCUT2D eigenvalue weighted by Gasteiger charge is -2.26. The average Bonchev–Trinajstić information content (AvgIpc) is 2.66. The van der Waals surface area contributed by atoms with Gasteiger partial charge in [-0.25, -0.2) is 8.42 Å². The fourth-order valence-corrected chi connectivity index (χ4v) is 4.66. The number of thiocarbonyl (C=S) groups is 1. The van der Waals surface area contributed by atoms with Crippen molar-refractivity contribution in [1.29, 1.82) is 0 Å². The first-order valence-corrected chi connectivity index (χ1v) is 10.7. The predicted molar refractivity (Wildman–Crippen MR) is 112 cm³/mol. The molecule has 1 aliphatic rings. The van der Waals surface area contributed by atoms with E-state index in [0.29, 0.717) is 47.7 Å². The molecule has 0 saturated carbocycles. The smallest absolute Gasteiger partial charge is 0.243 e. The minimum absolute atomic E-state index is 0.225. The maximum Gasteiger partial charge on any atom is 0.243 e. The molecule has 3 rings (SSSR count). The van der Waals surface area contributed by atoms with Crippen molar-refractivity contribution < 1.29 is 13.2 Å². The number of ether oxygens (including phenoxy) is 1. The van der Waals surface area contributed by atoms with Crippen LogP contribution in [0.15, 0.2) is 47.4 Å². The third kappa shape index (κ3) is 4.90. The zero-order valence-electron chi connectivity index (χ0n) is 14.1. The monoisotopic (exact) mass is 445 g/mol. The predicted octanol–water partition coefficient (Wildman–Crippen LogP) is 3.82. The van der Waals surface area contributed by atoms with Crippen LogP contribution in [0.3, 0.4) is 0 Å². The fourth-order valence-electron chi connectivity index (χ4n) is 2.54. The minimum atomic E-state index is -3.52. The van der Waals surface area contributed by atoms with E-state index in [1.165, 1.54) is 16.4 Å². The Balaban J connectivity index is 1.68. The number of para-hydroxylation sites is 1. The summed E-state index contributed by atoms with van der Waals surface area (Å²) < 4.78 is 31.9. The highest BCUT2D eigenvalue weighted by Gasteiger charge is 2.26. The third-order valence-electron chi connectivity index (χ3n) is 3.92. The van der Waals surface area contributed by atoms with Gasteiger partial charge < -0.3 is 15.4 Å². The Morgan fingerprint density at radius 3 is 2.19 bits per heavy atom. The lowest BCUT2D eigenvalue weighted by Crippen LogP contribution is -2.40. The number of rotatable bonds is 4. The molecule has 10 heteroatoms. The normalized spacial score (nSPS) is 15.3. The first-order chi connectivity index (χ1) is 12.9. The number of anilines is 2. The van der Waals surface area contributed by atoms with E-state index >= 15 is 0 Å². The number of morpholine rings is 1. The Bertz CT molecular complexity index is 911. The standard InChI is InChI=1S/C17H17Cl2N3O3S2/c18-14-2-1-3-15(19)16(14)21-17(26)20-12-4-6-13(7-5-12)27(23,24)22-8-10-25-11-9-22/h1-7H,8-11H2,(H2,20,21,26). The molecule has 6 nitrogen and oxygen atoms in total. The van der Waals surface area contributed by atoms with E-state index in [0.717, 1.165) is 0 Å². The van der Waals surface area contributed by atoms with Crippen LogP contribution in [0.25, 0.3) is 0 Å². The van der Waals surface area contributed by atoms with Crippen LogP contribution in [-0.2, 0) is 14.8 Å². The van der Waals surface area contributed by atoms with Gasteiger partial charge in [0, 0.05) is 18.8 Å². The van der Waals surface area contributed by atoms with Crippen molar-refractivity contribution in [2.45, 2.75) is 4.90 Å². The number of hydrogen-bond acceptors (Lipinski definition) is 4. The fraction of sp³-hybridized carbons (Fsp3) is 0.235. The van der Waals surface area contributed by atoms with Crippen molar-refractivity contribution in [3.05, 3.63) is 52.5 Å². The second kappa shape index (κ2) is 8.72. The number of benzene rings is 2. The molecule has 144 valence electrons. The maximum atomic E-state index is 12.6. The van der Waals surface area contributed by atoms with Crippen LogP contribution in [0.4, 0.5) is 11.4 Å². The number of halogens is 2. The van der Waals surface area contributed by atoms with Gasteiger partial charge in [0.05, 0.1) is 33.8 Å². The van der Waals surface area contributed by atoms with Gasteiger partial charge in [-0.3, -0.25) is 0 Å². The molecular weight excluding hydrogens is 429 g/mol. The van der Waals surface area contributed by atoms with Crippen LogP contribution < -0.4 is 10.6 Å². The summed E-state index contributed by atoms with van der Waals surface area (Å²) in [6, 6.07) is 11.5. The van der Waals surface area contributed by atoms with E-state index in [2.05, 4.69) is 10.6 Å². The molecule has 1 heterocycles. The highest BCUT2D eigenvalue weighted by molar-refractivity contribution is 7.89. The Labute approximate surface area is 173 Å². The molecule has 2 N–H and O–H groups in total. The summed E-state index contributed by atoms with van der Waals surface area (Å²) in [5.41, 5.74) is 1.14. The van der Waals surface area contributed by atoms with Crippen molar-refractivity contribution >= 4 is 61.9 Å². The van der Waals surface area contributed by atoms with Crippen LogP contribution in [0.5, 0.6) is 0 Å². The SMILES string of the molecule is O=S(=O)(c1ccc(NC(=S)Nc2c(Cl)cccc2Cl)cc1)N1CCOCC1. The second-order valence-electron chi connectivity index (χ2n) is 5.72. The van der Waals surface area contributed by atoms with E-state index in [9.17, 15) is 8.42 Å². The molecule has 27 heavy (non-hydrogen) atoms. The van der Waals surface area contributed by atoms with E-state index in [1.54, 1.807) is 30.3 Å². The summed E-state index contributed by atoms with van der Waals surface area (Å²) in [5, 5.41) is 7.09. The maximum absolute atomic E-state index is 12.6. The summed E-state index contributed by atoms with van der Waals surface area (Å²) >= 11 is 17.5. The first-order valence-electron chi connectivity index (χ1n) is 8.08. The van der Waals surface area contributed by atoms with Gasteiger partial charge >= 0.3 is 0 Å². The Morgan fingerprint density at radius 1 is 1.00 bits per heavy atom. The quantitative estimate of drug-likeness (QED) is 0.696. The van der Waals surface area contributed by atoms with Crippen molar-refractivity contribution in [3.63, 3.8) is 0 Å². The number of sulfonamides is 1. The van der Waals surface area contributed by atoms with Gasteiger partial charge in [-0.2, -0.15) is 4.31 Å². The lowest BCUT2D eigenvalue weighted by molar-refractivity contribution is 0.0730. The largest absolute Gasteiger partial charge is 0.379 e. The van der Waals surface area contributed by atoms with Gasteiger partial charge in [0.1, 0.15) is 0 Å². The van der Waals surface area contributed by atoms with Crippen molar-refractivity contribution in [2.75, 3.05) is 36.9 Å². The van der Waals surface area contributed by atoms with Crippen molar-refractivity contribution in [1.82, 2.24) is 4.31 Å². The molecule has 0 bridgehead atoms. The van der Waals surface area contributed by atoms with Crippen molar-refractivity contribution in [2.24, 2.45) is 0 Å². The molecule has 2 aromatic rings. The molecule has 2 aromatic carbocycles. The number of hydrogen-bond donors (Lipinski definition) is 2. The molecule has 1 fully saturated rings. The molecule has 0 unspecified atom stereocenters. The van der Waals surface area contributed by atoms with Crippen LogP contribution in [0.1, 0.15) is 0 Å². The zero-order chi connectivity index (χ0) is 19.4. The third-order valence-corrected chi connectivity index (χ3v) is 6.67. The minimum Gasteiger partial charge on any atom is -0.379 e. The summed E-state index contributed by atoms with van der Waals surface area (Å²) in [6.07, 6.45) is 0. The van der Waals surface area contributed by atoms with E-state index < -0.39 is 10.0 Å². The lowest BCUT2D eigenvalue weighted by atomic mass is 10.3. The van der Waals surface area contributed by atoms with E-state index in [1.807, 2.05) is 0 Å². The molecule has 0 radical (unpaired) electrons. The first kappa shape index (κ1) is 20.3. The van der Waals surface area contributed by atoms with Gasteiger partial charge in [-0.05, 0) is 48.6 Å². The molecular formula is C17H17Cl2N3O3S2. The summed E-state index contributed by atoms with van der Waals surface area (Å²) in [5.74, 6) is 0. The van der Waals surface area contributed by atoms with E-state index in [-0.39, 0.29) is 10.0 Å². The van der Waals surface area contributed by atoms with Crippen LogP contribution in [-0.4, -0.2) is 44.1 Å². The van der Waals surface area contributed by atoms with E-state index in [4.69, 9.17) is 40.2 Å². The van der Waals surface area contributed by atoms with Gasteiger partial charge in [0.25, 0.3) is 0 Å². The molecule has 0 atom stereocenters. The van der Waals surface area contributed by atoms with Gasteiger partial charge in [-0.1, -0.05) is 29.3 Å². The average molecular weight is 446 g/mol. The topological polar surface area (TPSA) is 70.7 Å². The Hall–Kier alpha value is -1.42. The van der Waals surface area contributed by atoms with Crippen LogP contribution >= 0.6 is 35.4 Å². The number of nitrogens with one attached hydrogen (secondary N) is 2.